The molecule has 3 aromatic rings. The van der Waals surface area contributed by atoms with Crippen LogP contribution in [-0.4, -0.2) is 46.0 Å². The number of hydrogen-bond acceptors (Lipinski definition) is 7. The van der Waals surface area contributed by atoms with Crippen molar-refractivity contribution in [3.8, 4) is 0 Å². The number of hydrogen-bond donors (Lipinski definition) is 3. The summed E-state index contributed by atoms with van der Waals surface area (Å²) in [5.41, 5.74) is 5.52. The number of carbonyl (C=O) groups excluding carboxylic acids is 2. The van der Waals surface area contributed by atoms with Gasteiger partial charge < -0.3 is 4.42 Å². The van der Waals surface area contributed by atoms with Gasteiger partial charge in [0.1, 0.15) is 10.7 Å². The number of nitrogens with zero attached hydrogens (tertiary/aromatic N) is 1. The van der Waals surface area contributed by atoms with Crippen molar-refractivity contribution in [2.75, 3.05) is 13.1 Å². The van der Waals surface area contributed by atoms with Crippen LogP contribution in [0.25, 0.3) is 0 Å². The smallest absolute Gasteiger partial charge is 0.269 e. The van der Waals surface area contributed by atoms with Gasteiger partial charge in [-0.1, -0.05) is 29.3 Å². The monoisotopic (exact) mass is 594 g/mol. The van der Waals surface area contributed by atoms with Gasteiger partial charge in [0.25, 0.3) is 5.91 Å². The van der Waals surface area contributed by atoms with Gasteiger partial charge in [0.05, 0.1) is 22.7 Å². The Labute approximate surface area is 231 Å². The third kappa shape index (κ3) is 6.86. The van der Waals surface area contributed by atoms with Gasteiger partial charge in [-0.2, -0.15) is 4.31 Å². The third-order valence-electron chi connectivity index (χ3n) is 6.28. The van der Waals surface area contributed by atoms with Crippen LogP contribution >= 0.6 is 11.6 Å². The van der Waals surface area contributed by atoms with Crippen LogP contribution < -0.4 is 15.6 Å². The number of carbonyl (C=O) groups is 2. The second kappa shape index (κ2) is 11.9. The minimum Gasteiger partial charge on any atom is -0.468 e. The first kappa shape index (κ1) is 28.8. The summed E-state index contributed by atoms with van der Waals surface area (Å²) < 4.78 is 60.0. The van der Waals surface area contributed by atoms with Crippen LogP contribution in [-0.2, 0) is 31.4 Å². The normalized spacial score (nSPS) is 15.1. The molecule has 4 rings (SSSR count). The molecule has 3 N–H and O–H groups in total. The van der Waals surface area contributed by atoms with E-state index < -0.39 is 37.8 Å². The number of aryl methyl sites for hydroxylation is 1. The fourth-order valence-electron chi connectivity index (χ4n) is 4.02. The maximum Gasteiger partial charge on any atom is 0.269 e. The van der Waals surface area contributed by atoms with Gasteiger partial charge in [-0.25, -0.2) is 21.6 Å². The van der Waals surface area contributed by atoms with Crippen LogP contribution in [0.4, 0.5) is 0 Å². The van der Waals surface area contributed by atoms with E-state index in [2.05, 4.69) is 15.6 Å². The summed E-state index contributed by atoms with van der Waals surface area (Å²) in [6, 6.07) is 13.5. The van der Waals surface area contributed by atoms with E-state index in [4.69, 9.17) is 16.0 Å². The van der Waals surface area contributed by atoms with E-state index in [1.165, 1.54) is 22.7 Å². The van der Waals surface area contributed by atoms with E-state index in [0.29, 0.717) is 5.76 Å². The first-order chi connectivity index (χ1) is 18.5. The van der Waals surface area contributed by atoms with Crippen LogP contribution in [0.1, 0.15) is 34.5 Å². The summed E-state index contributed by atoms with van der Waals surface area (Å²) in [6.07, 6.45) is 1.96. The lowest BCUT2D eigenvalue weighted by Crippen LogP contribution is -2.48. The molecule has 208 valence electrons. The van der Waals surface area contributed by atoms with Crippen molar-refractivity contribution in [3.05, 3.63) is 82.8 Å². The number of amides is 2. The van der Waals surface area contributed by atoms with E-state index >= 15 is 0 Å². The molecule has 2 amide bonds. The summed E-state index contributed by atoms with van der Waals surface area (Å²) >= 11 is 6.07. The molecule has 1 fully saturated rings. The Morgan fingerprint density at radius 2 is 1.69 bits per heavy atom. The van der Waals surface area contributed by atoms with Crippen molar-refractivity contribution in [1.29, 1.82) is 0 Å². The minimum absolute atomic E-state index is 0.0444. The summed E-state index contributed by atoms with van der Waals surface area (Å²) in [4.78, 5) is 25.2. The van der Waals surface area contributed by atoms with Gasteiger partial charge in [0.2, 0.25) is 26.0 Å². The second-order valence-electron chi connectivity index (χ2n) is 8.98. The zero-order valence-corrected chi connectivity index (χ0v) is 23.3. The van der Waals surface area contributed by atoms with E-state index in [0.717, 1.165) is 11.6 Å². The fraction of sp³-hybridized carbons (Fsp3) is 0.280. The third-order valence-corrected chi connectivity index (χ3v) is 10.1. The molecule has 2 aromatic carbocycles. The SMILES string of the molecule is Cc1ccc(S(=O)(=O)N2CCC(C(=O)NNC(=O)c3ccc(Cl)c(S(=O)(=O)NCc4ccco4)c3)CC2)cc1. The van der Waals surface area contributed by atoms with Gasteiger partial charge in [0.15, 0.2) is 0 Å². The van der Waals surface area contributed by atoms with Crippen molar-refractivity contribution in [2.24, 2.45) is 5.92 Å². The molecule has 1 aliphatic rings. The Hall–Kier alpha value is -3.23. The van der Waals surface area contributed by atoms with Crippen LogP contribution in [0.3, 0.4) is 0 Å². The summed E-state index contributed by atoms with van der Waals surface area (Å²) in [6.45, 7) is 2.08. The molecular weight excluding hydrogens is 568 g/mol. The standard InChI is InChI=1S/C25H27ClN4O7S2/c1-17-4-7-21(8-5-17)39(35,36)30-12-10-18(11-13-30)24(31)28-29-25(32)19-6-9-22(26)23(15-19)38(33,34)27-16-20-3-2-14-37-20/h2-9,14-15,18,27H,10-13,16H2,1H3,(H,28,31)(H,29,32). The average molecular weight is 595 g/mol. The quantitative estimate of drug-likeness (QED) is 0.339. The largest absolute Gasteiger partial charge is 0.468 e. The topological polar surface area (TPSA) is 155 Å². The van der Waals surface area contributed by atoms with E-state index in [1.807, 2.05) is 6.92 Å². The Balaban J connectivity index is 1.32. The highest BCUT2D eigenvalue weighted by Gasteiger charge is 2.32. The molecule has 39 heavy (non-hydrogen) atoms. The summed E-state index contributed by atoms with van der Waals surface area (Å²) in [7, 11) is -7.74. The van der Waals surface area contributed by atoms with E-state index in [9.17, 15) is 26.4 Å². The van der Waals surface area contributed by atoms with Crippen molar-refractivity contribution in [2.45, 2.75) is 36.1 Å². The molecule has 0 saturated carbocycles. The summed E-state index contributed by atoms with van der Waals surface area (Å²) in [5.74, 6) is -1.34. The van der Waals surface area contributed by atoms with Crippen LogP contribution in [0.2, 0.25) is 5.02 Å². The molecule has 2 heterocycles. The molecule has 0 aliphatic carbocycles. The molecule has 0 radical (unpaired) electrons. The van der Waals surface area contributed by atoms with E-state index in [-0.39, 0.29) is 52.9 Å². The highest BCUT2D eigenvalue weighted by Crippen LogP contribution is 2.25. The van der Waals surface area contributed by atoms with Crippen LogP contribution in [0, 0.1) is 12.8 Å². The average Bonchev–Trinajstić information content (AvgIpc) is 3.45. The first-order valence-corrected chi connectivity index (χ1v) is 15.3. The zero-order valence-electron chi connectivity index (χ0n) is 20.9. The molecule has 1 aromatic heterocycles. The Morgan fingerprint density at radius 3 is 2.33 bits per heavy atom. The van der Waals surface area contributed by atoms with Gasteiger partial charge in [-0.3, -0.25) is 20.4 Å². The maximum absolute atomic E-state index is 12.9. The van der Waals surface area contributed by atoms with Gasteiger partial charge in [-0.15, -0.1) is 0 Å². The predicted molar refractivity (Wildman–Crippen MR) is 142 cm³/mol. The van der Waals surface area contributed by atoms with E-state index in [1.54, 1.807) is 36.4 Å². The van der Waals surface area contributed by atoms with Crippen LogP contribution in [0.15, 0.2) is 75.1 Å². The second-order valence-corrected chi connectivity index (χ2v) is 13.1. The molecule has 11 nitrogen and oxygen atoms in total. The number of furan rings is 1. The zero-order chi connectivity index (χ0) is 28.2. The van der Waals surface area contributed by atoms with Gasteiger partial charge in [-0.05, 0) is 62.2 Å². The number of sulfonamides is 2. The van der Waals surface area contributed by atoms with Crippen molar-refractivity contribution >= 4 is 43.5 Å². The fourth-order valence-corrected chi connectivity index (χ4v) is 7.00. The number of rotatable bonds is 8. The Bertz CT molecular complexity index is 1550. The number of hydrazine groups is 1. The molecule has 1 saturated heterocycles. The number of halogens is 1. The molecule has 0 unspecified atom stereocenters. The maximum atomic E-state index is 12.9. The molecule has 0 spiro atoms. The van der Waals surface area contributed by atoms with Crippen molar-refractivity contribution in [1.82, 2.24) is 19.9 Å². The van der Waals surface area contributed by atoms with Gasteiger partial charge >= 0.3 is 0 Å². The molecule has 14 heteroatoms. The predicted octanol–water partition coefficient (Wildman–Crippen LogP) is 2.58. The minimum atomic E-state index is -4.07. The summed E-state index contributed by atoms with van der Waals surface area (Å²) in [5, 5.41) is -0.0881. The Kier molecular flexibility index (Phi) is 8.76. The lowest BCUT2D eigenvalue weighted by Gasteiger charge is -2.30. The highest BCUT2D eigenvalue weighted by molar-refractivity contribution is 7.89. The first-order valence-electron chi connectivity index (χ1n) is 12.0. The van der Waals surface area contributed by atoms with Crippen LogP contribution in [0.5, 0.6) is 0 Å². The van der Waals surface area contributed by atoms with Crippen molar-refractivity contribution in [3.63, 3.8) is 0 Å². The number of benzene rings is 2. The van der Waals surface area contributed by atoms with Gasteiger partial charge in [0, 0.05) is 24.6 Å². The molecule has 0 bridgehead atoms. The number of nitrogens with one attached hydrogen (secondary N) is 3. The molecule has 1 aliphatic heterocycles. The highest BCUT2D eigenvalue weighted by atomic mass is 35.5. The lowest BCUT2D eigenvalue weighted by molar-refractivity contribution is -0.126. The molecular formula is C25H27ClN4O7S2. The lowest BCUT2D eigenvalue weighted by atomic mass is 9.98. The number of piperidine rings is 1. The molecule has 0 atom stereocenters. The Morgan fingerprint density at radius 1 is 1.00 bits per heavy atom. The van der Waals surface area contributed by atoms with Crippen molar-refractivity contribution < 1.29 is 30.8 Å².